The summed E-state index contributed by atoms with van der Waals surface area (Å²) in [6.07, 6.45) is 4.92. The van der Waals surface area contributed by atoms with E-state index in [4.69, 9.17) is 11.6 Å². The van der Waals surface area contributed by atoms with Gasteiger partial charge in [0, 0.05) is 49.4 Å². The van der Waals surface area contributed by atoms with Crippen LogP contribution in [0, 0.1) is 5.92 Å². The fourth-order valence-corrected chi connectivity index (χ4v) is 9.31. The van der Waals surface area contributed by atoms with Crippen molar-refractivity contribution in [1.29, 1.82) is 0 Å². The molecule has 0 radical (unpaired) electrons. The number of unbranched alkanes of at least 4 members (excludes halogenated alkanes) is 3. The van der Waals surface area contributed by atoms with E-state index in [1.54, 1.807) is 19.1 Å². The summed E-state index contributed by atoms with van der Waals surface area (Å²) >= 11 is 7.50. The molecular weight excluding hydrogens is 836 g/mol. The van der Waals surface area contributed by atoms with E-state index in [9.17, 15) is 53.4 Å². The number of pyridine rings is 1. The first kappa shape index (κ1) is 48.7. The molecule has 21 heteroatoms. The van der Waals surface area contributed by atoms with E-state index in [1.165, 1.54) is 6.20 Å². The number of nitrogens with zero attached hydrogens (tertiary/aromatic N) is 2. The number of nitrogens with one attached hydrogen (secondary N) is 6. The third kappa shape index (κ3) is 14.3. The van der Waals surface area contributed by atoms with Crippen LogP contribution in [0.15, 0.2) is 18.3 Å². The largest absolute Gasteiger partial charge is 0.481 e. The number of thioether (sulfide) groups is 1. The van der Waals surface area contributed by atoms with Crippen molar-refractivity contribution in [1.82, 2.24) is 36.9 Å². The van der Waals surface area contributed by atoms with Gasteiger partial charge in [-0.1, -0.05) is 39.2 Å². The summed E-state index contributed by atoms with van der Waals surface area (Å²) < 4.78 is 0. The van der Waals surface area contributed by atoms with Gasteiger partial charge in [0.2, 0.25) is 23.6 Å². The molecule has 0 unspecified atom stereocenters. The summed E-state index contributed by atoms with van der Waals surface area (Å²) in [7, 11) is 0. The minimum Gasteiger partial charge on any atom is -0.481 e. The van der Waals surface area contributed by atoms with Gasteiger partial charge in [0.05, 0.1) is 30.4 Å². The second kappa shape index (κ2) is 23.9. The molecule has 3 aliphatic heterocycles. The van der Waals surface area contributed by atoms with Crippen LogP contribution in [0.4, 0.5) is 10.6 Å². The lowest BCUT2D eigenvalue weighted by Crippen LogP contribution is -2.59. The van der Waals surface area contributed by atoms with E-state index in [0.717, 1.165) is 29.9 Å². The van der Waals surface area contributed by atoms with Crippen molar-refractivity contribution in [2.24, 2.45) is 5.92 Å². The Bertz CT molecular complexity index is 1790. The molecule has 0 bridgehead atoms. The highest BCUT2D eigenvalue weighted by molar-refractivity contribution is 8.00. The number of carbonyl (C=O) groups is 9. The molecule has 0 spiro atoms. The summed E-state index contributed by atoms with van der Waals surface area (Å²) in [6.45, 7) is 4.02. The van der Waals surface area contributed by atoms with Crippen LogP contribution >= 0.6 is 23.4 Å². The zero-order valence-electron chi connectivity index (χ0n) is 34.4. The van der Waals surface area contributed by atoms with Gasteiger partial charge in [-0.05, 0) is 49.7 Å². The summed E-state index contributed by atoms with van der Waals surface area (Å²) in [5.41, 5.74) is 0.466. The molecule has 8 N–H and O–H groups in total. The Labute approximate surface area is 363 Å². The van der Waals surface area contributed by atoms with E-state index in [2.05, 4.69) is 36.9 Å². The maximum atomic E-state index is 14.3. The minimum absolute atomic E-state index is 0.0415. The molecular formula is C40H57ClN8O11S. The van der Waals surface area contributed by atoms with E-state index in [-0.39, 0.29) is 49.1 Å². The maximum Gasteiger partial charge on any atom is 0.315 e. The maximum absolute atomic E-state index is 14.3. The van der Waals surface area contributed by atoms with Gasteiger partial charge in [-0.25, -0.2) is 9.78 Å². The van der Waals surface area contributed by atoms with Crippen molar-refractivity contribution in [3.05, 3.63) is 23.9 Å². The third-order valence-corrected chi connectivity index (χ3v) is 12.9. The van der Waals surface area contributed by atoms with Crippen molar-refractivity contribution in [2.45, 2.75) is 139 Å². The van der Waals surface area contributed by atoms with Crippen LogP contribution in [-0.2, 0) is 44.8 Å². The monoisotopic (exact) mass is 892 g/mol. The number of rotatable bonds is 26. The standard InChI is InChI=1S/C40H57ClN8O11S/c1-3-22(2)34(47-31(52)13-5-4-8-16-42-30(51)12-7-6-11-29-35-26(21-61-29)46-40(60)48-35)38(58)44-24(14-15-32(53)54)39(59)49-27(18-23-10-9-17-43-36(23)49)37(57)45-25(19-33(55)56)28(50)20-41/h9-10,17,22,24-27,29,34-35H,3-8,11-16,18-21H2,1-2H3,(H,42,51)(H,44,58)(H,45,57)(H,47,52)(H,53,54)(H,55,56)(H2,46,48,60)/t22-,24-,25-,26-,27-,29-,34-,35-/m0/s1. The van der Waals surface area contributed by atoms with E-state index >= 15 is 0 Å². The normalized spacial score (nSPS) is 20.8. The topological polar surface area (TPSA) is 282 Å². The smallest absolute Gasteiger partial charge is 0.315 e. The number of carboxylic acids is 2. The van der Waals surface area contributed by atoms with E-state index in [1.807, 2.05) is 18.7 Å². The Hall–Kier alpha value is -4.98. The van der Waals surface area contributed by atoms with Gasteiger partial charge < -0.3 is 42.1 Å². The molecule has 0 aromatic carbocycles. The average molecular weight is 893 g/mol. The van der Waals surface area contributed by atoms with Gasteiger partial charge in [0.25, 0.3) is 5.91 Å². The van der Waals surface area contributed by atoms with Crippen molar-refractivity contribution >= 4 is 82.5 Å². The Morgan fingerprint density at radius 3 is 2.38 bits per heavy atom. The number of aromatic nitrogens is 1. The molecule has 2 fully saturated rings. The lowest BCUT2D eigenvalue weighted by Gasteiger charge is -2.31. The Kier molecular flexibility index (Phi) is 19.0. The van der Waals surface area contributed by atoms with E-state index in [0.29, 0.717) is 49.5 Å². The van der Waals surface area contributed by atoms with Gasteiger partial charge >= 0.3 is 18.0 Å². The number of hydrogen-bond donors (Lipinski definition) is 8. The van der Waals surface area contributed by atoms with Crippen LogP contribution in [-0.4, -0.2) is 128 Å². The number of ketones is 1. The van der Waals surface area contributed by atoms with Crippen molar-refractivity contribution in [3.63, 3.8) is 0 Å². The Balaban J connectivity index is 1.29. The Morgan fingerprint density at radius 1 is 0.934 bits per heavy atom. The number of hydrogen-bond acceptors (Lipinski definition) is 11. The van der Waals surface area contributed by atoms with Crippen LogP contribution in [0.5, 0.6) is 0 Å². The molecule has 1 aromatic heterocycles. The number of anilines is 1. The number of amides is 7. The zero-order valence-corrected chi connectivity index (χ0v) is 36.0. The molecule has 4 heterocycles. The summed E-state index contributed by atoms with van der Waals surface area (Å²) in [6, 6.07) is -2.00. The highest BCUT2D eigenvalue weighted by atomic mass is 35.5. The quantitative estimate of drug-likeness (QED) is 0.0371. The summed E-state index contributed by atoms with van der Waals surface area (Å²) in [4.78, 5) is 120. The lowest BCUT2D eigenvalue weighted by molar-refractivity contribution is -0.140. The van der Waals surface area contributed by atoms with Gasteiger partial charge in [-0.2, -0.15) is 11.8 Å². The minimum atomic E-state index is -1.49. The van der Waals surface area contributed by atoms with Gasteiger partial charge in [-0.15, -0.1) is 11.6 Å². The number of Topliss-reactive ketones (excluding diaryl/α,β-unsaturated/α-hetero) is 1. The number of halogens is 1. The summed E-state index contributed by atoms with van der Waals surface area (Å²) in [5, 5.41) is 35.7. The Morgan fingerprint density at radius 2 is 1.67 bits per heavy atom. The van der Waals surface area contributed by atoms with Gasteiger partial charge in [0.1, 0.15) is 23.9 Å². The second-order valence-electron chi connectivity index (χ2n) is 15.6. The highest BCUT2D eigenvalue weighted by Crippen LogP contribution is 2.34. The van der Waals surface area contributed by atoms with Crippen molar-refractivity contribution in [3.8, 4) is 0 Å². The summed E-state index contributed by atoms with van der Waals surface area (Å²) in [5.74, 6) is -6.33. The molecule has 7 amide bonds. The van der Waals surface area contributed by atoms with Crippen LogP contribution in [0.25, 0.3) is 0 Å². The number of urea groups is 1. The van der Waals surface area contributed by atoms with Gasteiger partial charge in [-0.3, -0.25) is 43.3 Å². The van der Waals surface area contributed by atoms with Crippen LogP contribution in [0.1, 0.15) is 96.5 Å². The average Bonchev–Trinajstić information content (AvgIpc) is 3.92. The van der Waals surface area contributed by atoms with Crippen LogP contribution in [0.3, 0.4) is 0 Å². The second-order valence-corrected chi connectivity index (χ2v) is 17.2. The third-order valence-electron chi connectivity index (χ3n) is 11.1. The molecule has 0 aliphatic carbocycles. The molecule has 1 aromatic rings. The molecule has 61 heavy (non-hydrogen) atoms. The fourth-order valence-electron chi connectivity index (χ4n) is 7.58. The lowest BCUT2D eigenvalue weighted by atomic mass is 9.97. The number of alkyl halides is 1. The molecule has 0 saturated carbocycles. The molecule has 19 nitrogen and oxygen atoms in total. The molecule has 2 saturated heterocycles. The number of carboxylic acid groups (broad SMARTS) is 2. The van der Waals surface area contributed by atoms with E-state index < -0.39 is 90.2 Å². The number of aliphatic carboxylic acids is 2. The fraction of sp³-hybridized carbons (Fsp3) is 0.650. The SMILES string of the molecule is CC[C@H](C)[C@H](NC(=O)CCCCCNC(=O)CCCC[C@@H]1SC[C@@H]2NC(=O)N[C@@H]21)C(=O)N[C@@H](CCC(=O)O)C(=O)N1c2ncccc2C[C@H]1C(=O)N[C@@H](CC(=O)O)C(=O)CCl. The van der Waals surface area contributed by atoms with Crippen molar-refractivity contribution in [2.75, 3.05) is 23.1 Å². The molecule has 336 valence electrons. The first-order chi connectivity index (χ1) is 29.1. The van der Waals surface area contributed by atoms with Gasteiger partial charge in [0.15, 0.2) is 5.78 Å². The predicted molar refractivity (Wildman–Crippen MR) is 225 cm³/mol. The predicted octanol–water partition coefficient (Wildman–Crippen LogP) is 1.39. The molecule has 3 aliphatic rings. The highest BCUT2D eigenvalue weighted by Gasteiger charge is 2.44. The number of carbonyl (C=O) groups excluding carboxylic acids is 7. The molecule has 8 atom stereocenters. The van der Waals surface area contributed by atoms with Crippen LogP contribution in [0.2, 0.25) is 0 Å². The first-order valence-electron chi connectivity index (χ1n) is 20.8. The first-order valence-corrected chi connectivity index (χ1v) is 22.4. The zero-order chi connectivity index (χ0) is 44.6. The number of fused-ring (bicyclic) bond motifs is 2. The molecule has 4 rings (SSSR count). The van der Waals surface area contributed by atoms with Crippen LogP contribution < -0.4 is 36.8 Å². The van der Waals surface area contributed by atoms with Crippen molar-refractivity contribution < 1.29 is 53.4 Å².